The Labute approximate surface area is 469 Å². The Bertz CT molecular complexity index is 1770. The Hall–Kier alpha value is -4.79. The molecule has 2 atom stereocenters. The van der Waals surface area contributed by atoms with E-state index in [1.54, 1.807) is 0 Å². The van der Waals surface area contributed by atoms with Gasteiger partial charge in [0.15, 0.2) is 11.6 Å². The zero-order valence-corrected chi connectivity index (χ0v) is 47.5. The molecule has 0 saturated heterocycles. The Morgan fingerprint density at radius 2 is 0.949 bits per heavy atom. The van der Waals surface area contributed by atoms with Crippen molar-refractivity contribution >= 4 is 64.9 Å². The van der Waals surface area contributed by atoms with E-state index in [-0.39, 0.29) is 170 Å². The molecule has 1 aliphatic rings. The first-order valence-electron chi connectivity index (χ1n) is 29.7. The van der Waals surface area contributed by atoms with Crippen LogP contribution < -0.4 is 10.6 Å². The lowest BCUT2D eigenvalue weighted by molar-refractivity contribution is -0.145. The Morgan fingerprint density at radius 3 is 1.49 bits per heavy atom. The van der Waals surface area contributed by atoms with Crippen molar-refractivity contribution in [3.63, 3.8) is 0 Å². The fraction of sp³-hybridized carbons (Fsp3) is 0.814. The van der Waals surface area contributed by atoms with E-state index in [1.807, 2.05) is 0 Å². The molecule has 0 aromatic heterocycles. The van der Waals surface area contributed by atoms with Gasteiger partial charge in [-0.1, -0.05) is 89.9 Å². The fourth-order valence-corrected chi connectivity index (χ4v) is 9.52. The van der Waals surface area contributed by atoms with Crippen LogP contribution in [0.3, 0.4) is 0 Å². The molecular formula is C59H98N2O18. The largest absolute Gasteiger partial charge is 0.481 e. The van der Waals surface area contributed by atoms with E-state index >= 15 is 0 Å². The topological polar surface area (TPSA) is 309 Å². The van der Waals surface area contributed by atoms with Gasteiger partial charge in [-0.3, -0.25) is 47.9 Å². The molecule has 0 aromatic rings. The lowest BCUT2D eigenvalue weighted by atomic mass is 9.77. The van der Waals surface area contributed by atoms with Crippen LogP contribution in [0.2, 0.25) is 0 Å². The van der Waals surface area contributed by atoms with Crippen LogP contribution in [-0.4, -0.2) is 146 Å². The number of hydrogen-bond donors (Lipinski definition) is 5. The molecule has 0 aromatic carbocycles. The number of Topliss-reactive ketones (excluding diaryl/α,β-unsaturated/α-hetero) is 5. The van der Waals surface area contributed by atoms with E-state index in [1.165, 1.54) is 64.2 Å². The minimum atomic E-state index is -1.17. The molecule has 20 nitrogen and oxygen atoms in total. The average molecular weight is 1120 g/mol. The van der Waals surface area contributed by atoms with Crippen molar-refractivity contribution in [1.82, 2.24) is 10.6 Å². The summed E-state index contributed by atoms with van der Waals surface area (Å²) >= 11 is 0. The number of hydrogen-bond acceptors (Lipinski definition) is 15. The number of carboxylic acid groups (broad SMARTS) is 3. The van der Waals surface area contributed by atoms with Gasteiger partial charge in [0.05, 0.1) is 38.9 Å². The number of aldehydes is 1. The van der Waals surface area contributed by atoms with E-state index in [2.05, 4.69) is 10.6 Å². The van der Waals surface area contributed by atoms with Gasteiger partial charge in [-0.2, -0.15) is 0 Å². The van der Waals surface area contributed by atoms with Crippen molar-refractivity contribution < 1.29 is 87.0 Å². The van der Waals surface area contributed by atoms with E-state index < -0.39 is 35.7 Å². The maximum absolute atomic E-state index is 13.3. The zero-order valence-electron chi connectivity index (χ0n) is 47.5. The molecule has 0 bridgehead atoms. The summed E-state index contributed by atoms with van der Waals surface area (Å²) in [6, 6.07) is 0. The van der Waals surface area contributed by atoms with Crippen LogP contribution in [0.25, 0.3) is 0 Å². The number of ketones is 5. The predicted molar refractivity (Wildman–Crippen MR) is 294 cm³/mol. The van der Waals surface area contributed by atoms with Crippen LogP contribution >= 0.6 is 0 Å². The lowest BCUT2D eigenvalue weighted by Gasteiger charge is -2.28. The third-order valence-electron chi connectivity index (χ3n) is 14.4. The van der Waals surface area contributed by atoms with Crippen molar-refractivity contribution in [3.8, 4) is 0 Å². The molecule has 0 heterocycles. The number of unbranched alkanes of at least 4 members (excludes halogenated alkanes) is 15. The monoisotopic (exact) mass is 1120 g/mol. The highest BCUT2D eigenvalue weighted by Gasteiger charge is 2.31. The highest BCUT2D eigenvalue weighted by atomic mass is 16.5. The number of carbonyl (C=O) groups excluding carboxylic acids is 8. The Morgan fingerprint density at radius 1 is 0.443 bits per heavy atom. The van der Waals surface area contributed by atoms with Crippen LogP contribution in [0.15, 0.2) is 0 Å². The number of nitrogens with one attached hydrogen (secondary N) is 2. The van der Waals surface area contributed by atoms with E-state index in [9.17, 15) is 63.0 Å². The molecule has 2 unspecified atom stereocenters. The maximum Gasteiger partial charge on any atom is 0.306 e. The fourth-order valence-electron chi connectivity index (χ4n) is 9.52. The van der Waals surface area contributed by atoms with Crippen molar-refractivity contribution in [2.24, 2.45) is 23.7 Å². The van der Waals surface area contributed by atoms with Gasteiger partial charge in [0.2, 0.25) is 11.8 Å². The van der Waals surface area contributed by atoms with Gasteiger partial charge in [-0.05, 0) is 70.1 Å². The summed E-state index contributed by atoms with van der Waals surface area (Å²) in [4.78, 5) is 132. The zero-order chi connectivity index (χ0) is 58.1. The number of carboxylic acids is 3. The van der Waals surface area contributed by atoms with Gasteiger partial charge in [-0.15, -0.1) is 0 Å². The van der Waals surface area contributed by atoms with Crippen LogP contribution in [0.5, 0.6) is 0 Å². The molecule has 79 heavy (non-hydrogen) atoms. The molecule has 1 rings (SSSR count). The third-order valence-corrected chi connectivity index (χ3v) is 14.4. The van der Waals surface area contributed by atoms with Crippen molar-refractivity contribution in [2.75, 3.05) is 65.9 Å². The van der Waals surface area contributed by atoms with Crippen molar-refractivity contribution in [2.45, 2.75) is 218 Å². The van der Waals surface area contributed by atoms with E-state index in [0.29, 0.717) is 51.5 Å². The summed E-state index contributed by atoms with van der Waals surface area (Å²) in [5.41, 5.74) is 0. The molecule has 1 aliphatic carbocycles. The molecule has 20 heteroatoms. The minimum Gasteiger partial charge on any atom is -0.481 e. The minimum absolute atomic E-state index is 0.0419. The molecule has 0 radical (unpaired) electrons. The highest BCUT2D eigenvalue weighted by molar-refractivity contribution is 5.89. The normalized spacial score (nSPS) is 14.9. The predicted octanol–water partition coefficient (Wildman–Crippen LogP) is 8.33. The lowest BCUT2D eigenvalue weighted by Crippen LogP contribution is -2.33. The number of carbonyl (C=O) groups is 11. The number of aliphatic carboxylic acids is 3. The summed E-state index contributed by atoms with van der Waals surface area (Å²) in [6.45, 7) is 1.21. The first-order chi connectivity index (χ1) is 38.1. The summed E-state index contributed by atoms with van der Waals surface area (Å²) in [6.07, 6.45) is 22.9. The first-order valence-corrected chi connectivity index (χ1v) is 29.7. The van der Waals surface area contributed by atoms with Gasteiger partial charge in [0.1, 0.15) is 36.8 Å². The molecule has 1 fully saturated rings. The van der Waals surface area contributed by atoms with E-state index in [4.69, 9.17) is 24.1 Å². The smallest absolute Gasteiger partial charge is 0.306 e. The van der Waals surface area contributed by atoms with Crippen LogP contribution in [-0.2, 0) is 71.7 Å². The standard InChI is InChI=1S/C59H98N2O18/c62-33-17-20-51(64)43-61-56(69)45-79-39-37-76-34-18-21-52(65)44-78-38-36-77-35-19-22-53(66)48(30-32-58(72)73)40-50(63)31-29-49(59(74)75)41-54(67)47-27-25-46(26-28-47)42-60-55(68)23-15-13-11-9-7-5-3-1-2-4-6-8-10-12-14-16-24-57(70)71/h33,46-49H,1-32,34-45H2,(H,60,68)(H,61,69)(H,70,71)(H,72,73)(H,74,75). The molecule has 452 valence electrons. The molecule has 0 aliphatic heterocycles. The molecule has 5 N–H and O–H groups in total. The molecule has 1 saturated carbocycles. The second-order valence-corrected chi connectivity index (χ2v) is 21.3. The second kappa shape index (κ2) is 49.1. The number of amides is 2. The van der Waals surface area contributed by atoms with Gasteiger partial charge >= 0.3 is 17.9 Å². The van der Waals surface area contributed by atoms with Crippen LogP contribution in [0, 0.1) is 23.7 Å². The molecule has 2 amide bonds. The summed E-state index contributed by atoms with van der Waals surface area (Å²) in [5, 5.41) is 33.4. The van der Waals surface area contributed by atoms with Crippen LogP contribution in [0.1, 0.15) is 218 Å². The molecular weight excluding hydrogens is 1020 g/mol. The SMILES string of the molecule is O=CCCC(=O)CNC(=O)COCCOCCCC(=O)COCCOCCCC(=O)C(CCC(=O)O)CC(=O)CCC(CC(=O)C1CCC(CNC(=O)CCCCCCCCCCCCCCCCCCC(=O)O)CC1)C(=O)O. The summed E-state index contributed by atoms with van der Waals surface area (Å²) in [5.74, 6) is -6.52. The number of ether oxygens (including phenoxy) is 4. The second-order valence-electron chi connectivity index (χ2n) is 21.3. The van der Waals surface area contributed by atoms with Gasteiger partial charge in [0, 0.05) is 95.8 Å². The maximum atomic E-state index is 13.3. The first kappa shape index (κ1) is 72.2. The third kappa shape index (κ3) is 43.7. The van der Waals surface area contributed by atoms with Crippen molar-refractivity contribution in [3.05, 3.63) is 0 Å². The Balaban J connectivity index is 2.18. The van der Waals surface area contributed by atoms with Gasteiger partial charge in [-0.25, -0.2) is 0 Å². The quantitative estimate of drug-likeness (QED) is 0.0282. The van der Waals surface area contributed by atoms with Crippen molar-refractivity contribution in [1.29, 1.82) is 0 Å². The summed E-state index contributed by atoms with van der Waals surface area (Å²) < 4.78 is 21.5. The Kier molecular flexibility index (Phi) is 44.9. The van der Waals surface area contributed by atoms with Crippen LogP contribution in [0.4, 0.5) is 0 Å². The average Bonchev–Trinajstić information content (AvgIpc) is 3.42. The van der Waals surface area contributed by atoms with Gasteiger partial charge in [0.25, 0.3) is 0 Å². The number of rotatable bonds is 57. The van der Waals surface area contributed by atoms with E-state index in [0.717, 1.165) is 51.4 Å². The van der Waals surface area contributed by atoms with Gasteiger partial charge < -0.3 is 49.7 Å². The summed E-state index contributed by atoms with van der Waals surface area (Å²) in [7, 11) is 0. The molecule has 0 spiro atoms. The highest BCUT2D eigenvalue weighted by Crippen LogP contribution is 2.31.